The van der Waals surface area contributed by atoms with Crippen molar-refractivity contribution in [2.24, 2.45) is 0 Å². The van der Waals surface area contributed by atoms with Gasteiger partial charge in [0.15, 0.2) is 11.2 Å². The van der Waals surface area contributed by atoms with Gasteiger partial charge in [0.05, 0.1) is 72.8 Å². The third kappa shape index (κ3) is 20.6. The molecule has 17 N–H and O–H groups in total. The summed E-state index contributed by atoms with van der Waals surface area (Å²) in [7, 11) is 0. The van der Waals surface area contributed by atoms with Crippen LogP contribution in [-0.2, 0) is 42.9 Å². The molecule has 620 valence electrons. The number of aliphatic hydroxyl groups is 6. The number of carboxylic acid groups (broad SMARTS) is 3. The predicted molar refractivity (Wildman–Crippen MR) is 419 cm³/mol. The third-order valence-electron chi connectivity index (χ3n) is 19.8. The van der Waals surface area contributed by atoms with E-state index in [1.165, 1.54) is 90.3 Å². The quantitative estimate of drug-likeness (QED) is 0.0200. The van der Waals surface area contributed by atoms with Crippen LogP contribution < -0.4 is 42.1 Å². The first kappa shape index (κ1) is 86.7. The number of aliphatic hydroxyl groups excluding tert-OH is 6. The number of phenolic OH excluding ortho intramolecular Hbond substituents is 2. The molecule has 6 amide bonds. The molecular weight excluding hydrogens is 1570 g/mol. The van der Waals surface area contributed by atoms with Gasteiger partial charge in [0.25, 0.3) is 35.2 Å². The van der Waals surface area contributed by atoms with E-state index in [4.69, 9.17) is 28.1 Å². The second-order valence-electron chi connectivity index (χ2n) is 28.1. The molecule has 0 spiro atoms. The Hall–Kier alpha value is -11.1. The van der Waals surface area contributed by atoms with Crippen molar-refractivity contribution in [1.82, 2.24) is 31.9 Å². The number of aromatic carboxylic acids is 1. The number of nitrogens with one attached hydrogen (secondary N) is 6. The molecule has 5 aromatic rings. The number of hydrogen-bond donors (Lipinski definition) is 17. The van der Waals surface area contributed by atoms with E-state index in [1.54, 1.807) is 60.7 Å². The summed E-state index contributed by atoms with van der Waals surface area (Å²) in [6.07, 6.45) is -13.9. The molecule has 4 aliphatic heterocycles. The van der Waals surface area contributed by atoms with E-state index < -0.39 is 157 Å². The van der Waals surface area contributed by atoms with Crippen LogP contribution in [0.25, 0.3) is 39.0 Å². The second-order valence-corrected chi connectivity index (χ2v) is 30.6. The minimum Gasteiger partial charge on any atom is -0.508 e. The number of aliphatic carboxylic acids is 2. The van der Waals surface area contributed by atoms with Gasteiger partial charge in [-0.25, -0.2) is 14.4 Å². The minimum atomic E-state index is -2.61. The number of ketones is 1. The van der Waals surface area contributed by atoms with Gasteiger partial charge in [-0.05, 0) is 125 Å². The van der Waals surface area contributed by atoms with Crippen LogP contribution in [0, 0.1) is 0 Å². The van der Waals surface area contributed by atoms with Gasteiger partial charge in [0.1, 0.15) is 59.1 Å². The number of carbonyl (C=O) groups excluding carboxylic acids is 7. The van der Waals surface area contributed by atoms with Crippen molar-refractivity contribution in [3.63, 3.8) is 0 Å². The Morgan fingerprint density at radius 2 is 1.05 bits per heavy atom. The fourth-order valence-corrected chi connectivity index (χ4v) is 15.6. The number of amides is 6. The monoisotopic (exact) mass is 1650 g/mol. The Balaban J connectivity index is 0.583. The zero-order valence-electron chi connectivity index (χ0n) is 62.8. The normalized spacial score (nSPS) is 21.9. The molecule has 2 saturated heterocycles. The topological polar surface area (TPSA) is 542 Å². The molecule has 0 bridgehead atoms. The van der Waals surface area contributed by atoms with Crippen molar-refractivity contribution < 1.29 is 132 Å². The van der Waals surface area contributed by atoms with Crippen LogP contribution in [-0.4, -0.2) is 256 Å². The molecular formula is C81H86N6O28S2. The molecule has 6 aliphatic rings. The van der Waals surface area contributed by atoms with E-state index in [-0.39, 0.29) is 114 Å². The first-order valence-electron chi connectivity index (χ1n) is 37.1. The molecule has 117 heavy (non-hydrogen) atoms. The summed E-state index contributed by atoms with van der Waals surface area (Å²) in [5.41, 5.74) is 3.11. The number of benzene rings is 6. The first-order chi connectivity index (χ1) is 55.8. The molecule has 11 rings (SSSR count). The maximum atomic E-state index is 13.8. The highest BCUT2D eigenvalue weighted by Crippen LogP contribution is 2.45. The van der Waals surface area contributed by atoms with Gasteiger partial charge < -0.3 is 116 Å². The predicted octanol–water partition coefficient (Wildman–Crippen LogP) is 2.68. The van der Waals surface area contributed by atoms with Crippen LogP contribution in [0.15, 0.2) is 148 Å². The largest absolute Gasteiger partial charge is 0.508 e. The molecule has 3 unspecified atom stereocenters. The lowest BCUT2D eigenvalue weighted by molar-refractivity contribution is -0.310. The number of ether oxygens (including phenoxy) is 5. The summed E-state index contributed by atoms with van der Waals surface area (Å²) in [4.78, 5) is 141. The number of carboxylic acids is 3. The van der Waals surface area contributed by atoms with Gasteiger partial charge in [-0.3, -0.25) is 38.4 Å². The fraction of sp³-hybridized carbons (Fsp3) is 0.370. The Morgan fingerprint density at radius 1 is 0.547 bits per heavy atom. The third-order valence-corrected chi connectivity index (χ3v) is 22.0. The number of carbonyl (C=O) groups is 10. The molecule has 0 radical (unpaired) electrons. The number of hydrogen-bond acceptors (Lipinski definition) is 27. The smallest absolute Gasteiger partial charge is 0.364 e. The van der Waals surface area contributed by atoms with Gasteiger partial charge in [-0.2, -0.15) is 23.5 Å². The van der Waals surface area contributed by atoms with Crippen LogP contribution in [0.3, 0.4) is 0 Å². The minimum absolute atomic E-state index is 0.00217. The maximum Gasteiger partial charge on any atom is 0.364 e. The molecule has 2 fully saturated rings. The van der Waals surface area contributed by atoms with Crippen LogP contribution in [0.5, 0.6) is 17.2 Å². The Morgan fingerprint density at radius 3 is 1.57 bits per heavy atom. The Kier molecular flexibility index (Phi) is 28.4. The van der Waals surface area contributed by atoms with Gasteiger partial charge in [0, 0.05) is 116 Å². The molecule has 34 nitrogen and oxygen atoms in total. The summed E-state index contributed by atoms with van der Waals surface area (Å²) < 4.78 is 35.1. The number of aromatic hydroxyl groups is 2. The molecule has 0 aromatic heterocycles. The van der Waals surface area contributed by atoms with E-state index in [0.29, 0.717) is 56.4 Å². The second kappa shape index (κ2) is 38.3. The lowest BCUT2D eigenvalue weighted by Crippen LogP contribution is -2.68. The molecule has 36 heteroatoms. The van der Waals surface area contributed by atoms with E-state index in [1.807, 2.05) is 0 Å². The first-order valence-corrected chi connectivity index (χ1v) is 39.4. The van der Waals surface area contributed by atoms with Gasteiger partial charge >= 0.3 is 17.9 Å². The van der Waals surface area contributed by atoms with E-state index >= 15 is 0 Å². The lowest BCUT2D eigenvalue weighted by atomic mass is 9.83. The maximum absolute atomic E-state index is 13.8. The van der Waals surface area contributed by atoms with Crippen LogP contribution in [0.1, 0.15) is 109 Å². The van der Waals surface area contributed by atoms with Crippen LogP contribution in [0.2, 0.25) is 0 Å². The van der Waals surface area contributed by atoms with Crippen molar-refractivity contribution in [1.29, 1.82) is 0 Å². The fourth-order valence-electron chi connectivity index (χ4n) is 14.1. The molecule has 13 atom stereocenters. The molecule has 2 aliphatic carbocycles. The van der Waals surface area contributed by atoms with Crippen molar-refractivity contribution in [2.45, 2.75) is 125 Å². The molecule has 4 heterocycles. The zero-order chi connectivity index (χ0) is 84.2. The van der Waals surface area contributed by atoms with Crippen molar-refractivity contribution >= 4 is 99.2 Å². The van der Waals surface area contributed by atoms with Gasteiger partial charge in [0.2, 0.25) is 11.8 Å². The van der Waals surface area contributed by atoms with Crippen molar-refractivity contribution in [2.75, 3.05) is 62.4 Å². The summed E-state index contributed by atoms with van der Waals surface area (Å²) >= 11 is 2.81. The van der Waals surface area contributed by atoms with Crippen LogP contribution >= 0.6 is 23.5 Å². The SMILES string of the molecule is CC(=O)N[C@@H]1[C@@H](O)C[C@](OCCCSCCNC(=O)c2ccc(-c3ccc(C(=O)NCCSCCCO[C@]4(C(=O)O)C[C@H](O)[C@@H](NC(C)=O)[C@H](C(O)[C@H](O)CNC(=O)c5c6ccc(=O)cc-6oc6cc(O)ccc56)O4)cc3)cc2)(C(=O)O)O[C@H]1C(O)[C@H](O)CNC(=O)c1ccc(C2=C3C=CC(=O)CC3Oc3cc(O)ccc32)cc1C(=O)O. The average Bonchev–Trinajstić information content (AvgIpc) is 0.764. The highest BCUT2D eigenvalue weighted by molar-refractivity contribution is 7.99. The summed E-state index contributed by atoms with van der Waals surface area (Å²) in [5, 5.41) is 135. The Bertz CT molecular complexity index is 5000. The van der Waals surface area contributed by atoms with Gasteiger partial charge in [-0.15, -0.1) is 0 Å². The van der Waals surface area contributed by atoms with E-state index in [0.717, 1.165) is 31.0 Å². The summed E-state index contributed by atoms with van der Waals surface area (Å²) in [6, 6.07) is 26.6. The highest BCUT2D eigenvalue weighted by Gasteiger charge is 2.57. The van der Waals surface area contributed by atoms with Crippen LogP contribution in [0.4, 0.5) is 0 Å². The zero-order valence-corrected chi connectivity index (χ0v) is 64.5. The number of fused-ring (bicyclic) bond motifs is 4. The average molecular weight is 1660 g/mol. The number of thioether (sulfide) groups is 2. The standard InChI is InChI=1S/C81H86N6O28S2/c1-40(88)86-67-57(94)36-80(78(106)107,114-71(67)69(98)59(96)38-84-75(102)51-18-13-46(31-56(51)77(104)105)65-52-19-14-47(90)32-61(52)112-62-33-48(91)15-20-53(62)65)110-25-3-27-116-29-23-82-73(100)44-9-5-42(6-10-44)43-7-11-45(12-8-43)74(101)83-24-30-117-28-4-26-111-81(79(108)109)37-58(95)68(87-41(2)89)72(115-81)70(99)60(97)39-85-76(103)66-54-21-16-49(92)34-63(54)113-64-35-50(93)17-22-55(64)66/h5-22,31-32,34-35,57-60,62,67-72,90,92,94-99H,3-4,23-30,33,36-39H2,1-2H3,(H,82,100)(H,83,101)(H,84,102)(H,85,103)(H,86,88)(H,87,89)(H,104,105)(H,106,107)(H,108,109)/t57-,58-,59+,60+,62?,67+,68+,69?,70?,71+,72+,80+,81+/m0/s1. The van der Waals surface area contributed by atoms with E-state index in [9.17, 15) is 109 Å². The van der Waals surface area contributed by atoms with Gasteiger partial charge in [-0.1, -0.05) is 36.4 Å². The number of phenols is 2. The molecule has 0 saturated carbocycles. The molecule has 5 aromatic carbocycles. The lowest BCUT2D eigenvalue weighted by Gasteiger charge is -2.46. The van der Waals surface area contributed by atoms with E-state index in [2.05, 4.69) is 31.9 Å². The summed E-state index contributed by atoms with van der Waals surface area (Å²) in [6.45, 7) is 0.773. The highest BCUT2D eigenvalue weighted by atomic mass is 32.2. The number of allylic oxidation sites excluding steroid dienone is 1. The van der Waals surface area contributed by atoms with Crippen molar-refractivity contribution in [3.05, 3.63) is 188 Å². The summed E-state index contributed by atoms with van der Waals surface area (Å²) in [5.74, 6) is -12.5. The Labute approximate surface area is 674 Å². The number of rotatable bonds is 35. The van der Waals surface area contributed by atoms with Crippen molar-refractivity contribution in [3.8, 4) is 39.7 Å².